The number of ether oxygens (including phenoxy) is 1. The lowest BCUT2D eigenvalue weighted by Gasteiger charge is -2.30. The van der Waals surface area contributed by atoms with E-state index in [4.69, 9.17) is 9.84 Å². The van der Waals surface area contributed by atoms with Crippen LogP contribution in [0.2, 0.25) is 0 Å². The molecular formula is C17H22N2O4. The van der Waals surface area contributed by atoms with E-state index in [1.807, 2.05) is 40.1 Å². The highest BCUT2D eigenvalue weighted by Crippen LogP contribution is 2.20. The maximum atomic E-state index is 12.7. The number of carbonyl (C=O) groups excluding carboxylic acids is 1. The van der Waals surface area contributed by atoms with Crippen molar-refractivity contribution in [3.05, 3.63) is 35.9 Å². The Morgan fingerprint density at radius 1 is 1.13 bits per heavy atom. The topological polar surface area (TPSA) is 70.1 Å². The van der Waals surface area contributed by atoms with Crippen LogP contribution in [0, 0.1) is 5.92 Å². The Hall–Kier alpha value is -1.92. The van der Waals surface area contributed by atoms with Gasteiger partial charge in [-0.3, -0.25) is 14.5 Å². The average Bonchev–Trinajstić information content (AvgIpc) is 2.78. The Balaban J connectivity index is 1.71. The van der Waals surface area contributed by atoms with Crippen molar-refractivity contribution in [2.75, 3.05) is 39.4 Å². The van der Waals surface area contributed by atoms with Gasteiger partial charge in [-0.25, -0.2) is 0 Å². The minimum atomic E-state index is -0.826. The Kier molecular flexibility index (Phi) is 4.93. The monoisotopic (exact) mass is 318 g/mol. The Morgan fingerprint density at radius 2 is 1.91 bits per heavy atom. The van der Waals surface area contributed by atoms with Crippen molar-refractivity contribution in [1.82, 2.24) is 9.80 Å². The Labute approximate surface area is 135 Å². The molecule has 0 aromatic heterocycles. The van der Waals surface area contributed by atoms with Gasteiger partial charge in [0.1, 0.15) is 0 Å². The fraction of sp³-hybridized carbons (Fsp3) is 0.529. The lowest BCUT2D eigenvalue weighted by molar-refractivity contribution is -0.138. The summed E-state index contributed by atoms with van der Waals surface area (Å²) >= 11 is 0. The number of aliphatic carboxylic acids is 1. The van der Waals surface area contributed by atoms with E-state index in [9.17, 15) is 9.59 Å². The molecule has 1 aromatic carbocycles. The number of fused-ring (bicyclic) bond motifs is 3. The van der Waals surface area contributed by atoms with Gasteiger partial charge in [0.25, 0.3) is 0 Å². The van der Waals surface area contributed by atoms with Crippen LogP contribution in [-0.4, -0.2) is 72.2 Å². The second-order valence-corrected chi connectivity index (χ2v) is 6.35. The summed E-state index contributed by atoms with van der Waals surface area (Å²) in [5.41, 5.74) is 1.000. The quantitative estimate of drug-likeness (QED) is 0.874. The first-order chi connectivity index (χ1) is 11.1. The molecule has 1 aromatic rings. The van der Waals surface area contributed by atoms with Gasteiger partial charge >= 0.3 is 5.97 Å². The molecule has 2 bridgehead atoms. The number of rotatable bonds is 4. The van der Waals surface area contributed by atoms with Gasteiger partial charge in [0.2, 0.25) is 5.91 Å². The fourth-order valence-corrected chi connectivity index (χ4v) is 3.44. The van der Waals surface area contributed by atoms with Crippen LogP contribution in [-0.2, 0) is 20.7 Å². The molecule has 0 radical (unpaired) electrons. The van der Waals surface area contributed by atoms with Crippen LogP contribution in [0.3, 0.4) is 0 Å². The second-order valence-electron chi connectivity index (χ2n) is 6.35. The molecule has 2 aliphatic heterocycles. The van der Waals surface area contributed by atoms with Crippen molar-refractivity contribution in [3.63, 3.8) is 0 Å². The summed E-state index contributed by atoms with van der Waals surface area (Å²) in [5, 5.41) is 9.04. The number of carboxylic acids is 1. The van der Waals surface area contributed by atoms with E-state index in [0.29, 0.717) is 39.3 Å². The van der Waals surface area contributed by atoms with Gasteiger partial charge in [-0.15, -0.1) is 0 Å². The van der Waals surface area contributed by atoms with E-state index in [2.05, 4.69) is 0 Å². The van der Waals surface area contributed by atoms with Crippen molar-refractivity contribution in [1.29, 1.82) is 0 Å². The van der Waals surface area contributed by atoms with Gasteiger partial charge in [0, 0.05) is 25.6 Å². The normalized spacial score (nSPS) is 25.0. The molecule has 0 saturated carbocycles. The van der Waals surface area contributed by atoms with Gasteiger partial charge in [0.15, 0.2) is 0 Å². The molecule has 2 fully saturated rings. The zero-order valence-electron chi connectivity index (χ0n) is 13.1. The van der Waals surface area contributed by atoms with E-state index >= 15 is 0 Å². The van der Waals surface area contributed by atoms with Gasteiger partial charge in [-0.2, -0.15) is 0 Å². The maximum absolute atomic E-state index is 12.7. The first kappa shape index (κ1) is 16.0. The number of nitrogens with zero attached hydrogens (tertiary/aromatic N) is 2. The predicted molar refractivity (Wildman–Crippen MR) is 84.0 cm³/mol. The van der Waals surface area contributed by atoms with Crippen molar-refractivity contribution in [2.45, 2.75) is 12.5 Å². The van der Waals surface area contributed by atoms with E-state index in [-0.39, 0.29) is 24.4 Å². The van der Waals surface area contributed by atoms with E-state index in [0.717, 1.165) is 5.56 Å². The molecule has 3 rings (SSSR count). The SMILES string of the molecule is O=C(O)CN1C[C@@H]2COC[C@H](C1)N(C(=O)Cc1ccccc1)C2. The van der Waals surface area contributed by atoms with E-state index < -0.39 is 5.97 Å². The highest BCUT2D eigenvalue weighted by Gasteiger charge is 2.36. The molecule has 0 unspecified atom stereocenters. The Morgan fingerprint density at radius 3 is 2.65 bits per heavy atom. The molecule has 0 spiro atoms. The summed E-state index contributed by atoms with van der Waals surface area (Å²) in [7, 11) is 0. The summed E-state index contributed by atoms with van der Waals surface area (Å²) in [6.45, 7) is 2.95. The zero-order chi connectivity index (χ0) is 16.2. The first-order valence-corrected chi connectivity index (χ1v) is 7.97. The standard InChI is InChI=1S/C17H22N2O4/c20-16(6-13-4-2-1-3-5-13)19-8-14-7-18(10-17(21)22)9-15(19)12-23-11-14/h1-5,14-15H,6-12H2,(H,21,22)/t14-,15-/m0/s1. The molecule has 2 heterocycles. The summed E-state index contributed by atoms with van der Waals surface area (Å²) in [4.78, 5) is 27.6. The molecule has 1 N–H and O–H groups in total. The Bertz CT molecular complexity index is 563. The predicted octanol–water partition coefficient (Wildman–Crippen LogP) is 0.473. The number of amides is 1. The third-order valence-corrected chi connectivity index (χ3v) is 4.42. The van der Waals surface area contributed by atoms with Crippen LogP contribution in [0.5, 0.6) is 0 Å². The van der Waals surface area contributed by atoms with E-state index in [1.54, 1.807) is 0 Å². The molecule has 1 amide bonds. The molecule has 0 aliphatic carbocycles. The van der Waals surface area contributed by atoms with Crippen molar-refractivity contribution in [2.24, 2.45) is 5.92 Å². The molecule has 2 aliphatic rings. The number of benzene rings is 1. The lowest BCUT2D eigenvalue weighted by atomic mass is 10.1. The van der Waals surface area contributed by atoms with Crippen LogP contribution < -0.4 is 0 Å². The van der Waals surface area contributed by atoms with Gasteiger partial charge in [-0.05, 0) is 5.56 Å². The number of carboxylic acid groups (broad SMARTS) is 1. The summed E-state index contributed by atoms with van der Waals surface area (Å²) in [5.74, 6) is -0.566. The number of hydrogen-bond acceptors (Lipinski definition) is 4. The maximum Gasteiger partial charge on any atom is 0.317 e. The van der Waals surface area contributed by atoms with Crippen molar-refractivity contribution in [3.8, 4) is 0 Å². The van der Waals surface area contributed by atoms with Crippen LogP contribution in [0.25, 0.3) is 0 Å². The summed E-state index contributed by atoms with van der Waals surface area (Å²) < 4.78 is 5.68. The van der Waals surface area contributed by atoms with Crippen LogP contribution in [0.15, 0.2) is 30.3 Å². The highest BCUT2D eigenvalue weighted by molar-refractivity contribution is 5.79. The molecule has 6 nitrogen and oxygen atoms in total. The molecule has 2 atom stereocenters. The lowest BCUT2D eigenvalue weighted by Crippen LogP contribution is -2.47. The van der Waals surface area contributed by atoms with Gasteiger partial charge in [-0.1, -0.05) is 30.3 Å². The van der Waals surface area contributed by atoms with Gasteiger partial charge in [0.05, 0.1) is 32.2 Å². The minimum Gasteiger partial charge on any atom is -0.480 e. The number of carbonyl (C=O) groups is 2. The average molecular weight is 318 g/mol. The zero-order valence-corrected chi connectivity index (χ0v) is 13.1. The summed E-state index contributed by atoms with van der Waals surface area (Å²) in [6.07, 6.45) is 0.378. The molecule has 6 heteroatoms. The molecular weight excluding hydrogens is 296 g/mol. The molecule has 2 saturated heterocycles. The highest BCUT2D eigenvalue weighted by atomic mass is 16.5. The second kappa shape index (κ2) is 7.10. The van der Waals surface area contributed by atoms with Crippen molar-refractivity contribution >= 4 is 11.9 Å². The third kappa shape index (κ3) is 4.09. The summed E-state index contributed by atoms with van der Waals surface area (Å²) in [6, 6.07) is 9.63. The minimum absolute atomic E-state index is 0.0215. The largest absolute Gasteiger partial charge is 0.480 e. The van der Waals surface area contributed by atoms with Crippen LogP contribution >= 0.6 is 0 Å². The first-order valence-electron chi connectivity index (χ1n) is 7.97. The number of hydrogen-bond donors (Lipinski definition) is 1. The van der Waals surface area contributed by atoms with Crippen LogP contribution in [0.4, 0.5) is 0 Å². The van der Waals surface area contributed by atoms with Crippen molar-refractivity contribution < 1.29 is 19.4 Å². The molecule has 124 valence electrons. The van der Waals surface area contributed by atoms with Gasteiger partial charge < -0.3 is 14.7 Å². The van der Waals surface area contributed by atoms with E-state index in [1.165, 1.54) is 0 Å². The fourth-order valence-electron chi connectivity index (χ4n) is 3.44. The van der Waals surface area contributed by atoms with Crippen LogP contribution in [0.1, 0.15) is 5.56 Å². The molecule has 23 heavy (non-hydrogen) atoms. The third-order valence-electron chi connectivity index (χ3n) is 4.42. The smallest absolute Gasteiger partial charge is 0.317 e.